The minimum Gasteiger partial charge on any atom is -0.369 e. The Morgan fingerprint density at radius 2 is 1.90 bits per heavy atom. The van der Waals surface area contributed by atoms with Crippen LogP contribution in [0.1, 0.15) is 0 Å². The Balaban J connectivity index is 2.17. The summed E-state index contributed by atoms with van der Waals surface area (Å²) in [6.07, 6.45) is 4.24. The molecule has 0 fully saturated rings. The Labute approximate surface area is 115 Å². The van der Waals surface area contributed by atoms with Crippen LogP contribution in [0.3, 0.4) is 0 Å². The molecule has 2 heterocycles. The summed E-state index contributed by atoms with van der Waals surface area (Å²) in [4.78, 5) is 4.34. The van der Waals surface area contributed by atoms with Gasteiger partial charge in [0.2, 0.25) is 5.95 Å². The van der Waals surface area contributed by atoms with Crippen molar-refractivity contribution < 1.29 is 8.42 Å². The Hall–Kier alpha value is -2.48. The number of hydrogen-bond donors (Lipinski definition) is 1. The molecule has 1 aromatic carbocycles. The predicted octanol–water partition coefficient (Wildman–Crippen LogP) is 0.777. The van der Waals surface area contributed by atoms with Crippen LogP contribution in [0.15, 0.2) is 41.7 Å². The van der Waals surface area contributed by atoms with Gasteiger partial charge >= 0.3 is 0 Å². The summed E-state index contributed by atoms with van der Waals surface area (Å²) in [6, 6.07) is 6.51. The second-order valence-corrected chi connectivity index (χ2v) is 6.37. The number of nitrogens with zero attached hydrogens (tertiary/aromatic N) is 4. The van der Waals surface area contributed by atoms with Crippen LogP contribution in [0, 0.1) is 0 Å². The minimum atomic E-state index is -3.21. The van der Waals surface area contributed by atoms with Crippen LogP contribution in [0.25, 0.3) is 16.8 Å². The fraction of sp³-hybridized carbons (Fsp3) is 0.0833. The second kappa shape index (κ2) is 4.27. The number of nitrogens with two attached hydrogens (primary N) is 1. The summed E-state index contributed by atoms with van der Waals surface area (Å²) in [5.74, 6) is 0.293. The third kappa shape index (κ3) is 1.99. The molecule has 0 unspecified atom stereocenters. The molecule has 0 saturated carbocycles. The molecule has 20 heavy (non-hydrogen) atoms. The van der Waals surface area contributed by atoms with E-state index in [4.69, 9.17) is 5.73 Å². The minimum absolute atomic E-state index is 0.266. The fourth-order valence-electron chi connectivity index (χ4n) is 1.92. The maximum Gasteiger partial charge on any atom is 0.207 e. The van der Waals surface area contributed by atoms with Crippen molar-refractivity contribution in [3.8, 4) is 11.1 Å². The van der Waals surface area contributed by atoms with Crippen LogP contribution in [-0.4, -0.2) is 34.3 Å². The zero-order valence-electron chi connectivity index (χ0n) is 10.6. The van der Waals surface area contributed by atoms with Gasteiger partial charge in [-0.3, -0.25) is 4.40 Å². The van der Waals surface area contributed by atoms with Crippen molar-refractivity contribution >= 4 is 21.4 Å². The Bertz CT molecular complexity index is 884. The van der Waals surface area contributed by atoms with E-state index >= 15 is 0 Å². The molecule has 102 valence electrons. The molecule has 2 N–H and O–H groups in total. The van der Waals surface area contributed by atoms with Crippen molar-refractivity contribution in [3.63, 3.8) is 0 Å². The number of fused-ring (bicyclic) bond motifs is 1. The van der Waals surface area contributed by atoms with E-state index in [1.165, 1.54) is 12.6 Å². The van der Waals surface area contributed by atoms with E-state index < -0.39 is 9.84 Å². The van der Waals surface area contributed by atoms with E-state index in [1.54, 1.807) is 34.9 Å². The average molecular weight is 289 g/mol. The summed E-state index contributed by atoms with van der Waals surface area (Å²) < 4.78 is 24.5. The van der Waals surface area contributed by atoms with Gasteiger partial charge in [-0.2, -0.15) is 0 Å². The molecule has 3 rings (SSSR count). The van der Waals surface area contributed by atoms with Gasteiger partial charge in [0.15, 0.2) is 15.5 Å². The molecule has 0 radical (unpaired) electrons. The summed E-state index contributed by atoms with van der Waals surface area (Å²) >= 11 is 0. The van der Waals surface area contributed by atoms with Gasteiger partial charge in [0, 0.05) is 18.0 Å². The number of anilines is 1. The third-order valence-electron chi connectivity index (χ3n) is 2.95. The first-order valence-corrected chi connectivity index (χ1v) is 7.60. The molecule has 8 heteroatoms. The monoisotopic (exact) mass is 289 g/mol. The molecule has 0 spiro atoms. The van der Waals surface area contributed by atoms with Gasteiger partial charge in [0.05, 0.1) is 4.90 Å². The average Bonchev–Trinajstić information content (AvgIpc) is 2.88. The molecule has 0 saturated heterocycles. The highest BCUT2D eigenvalue weighted by Crippen LogP contribution is 2.24. The zero-order valence-corrected chi connectivity index (χ0v) is 11.4. The van der Waals surface area contributed by atoms with E-state index in [0.717, 1.165) is 11.1 Å². The standard InChI is InChI=1S/C12H11N5O2S/c1-20(18,19)9-4-2-8(3-5-9)10-6-14-12(13)17-7-15-16-11(10)17/h2-7H,1H3,(H2,13,14). The third-order valence-corrected chi connectivity index (χ3v) is 4.08. The van der Waals surface area contributed by atoms with Crippen LogP contribution in [0.4, 0.5) is 5.95 Å². The lowest BCUT2D eigenvalue weighted by atomic mass is 10.1. The largest absolute Gasteiger partial charge is 0.369 e. The topological polar surface area (TPSA) is 103 Å². The smallest absolute Gasteiger partial charge is 0.207 e. The first-order valence-electron chi connectivity index (χ1n) is 5.71. The number of aromatic nitrogens is 4. The van der Waals surface area contributed by atoms with Crippen LogP contribution >= 0.6 is 0 Å². The molecule has 0 amide bonds. The normalized spacial score (nSPS) is 11.8. The molecule has 0 bridgehead atoms. The van der Waals surface area contributed by atoms with E-state index in [0.29, 0.717) is 11.6 Å². The summed E-state index contributed by atoms with van der Waals surface area (Å²) in [5.41, 5.74) is 7.82. The molecular weight excluding hydrogens is 278 g/mol. The van der Waals surface area contributed by atoms with Crippen LogP contribution < -0.4 is 5.73 Å². The highest BCUT2D eigenvalue weighted by Gasteiger charge is 2.11. The summed E-state index contributed by atoms with van der Waals surface area (Å²) in [7, 11) is -3.21. The van der Waals surface area contributed by atoms with Gasteiger partial charge in [-0.25, -0.2) is 13.4 Å². The summed E-state index contributed by atoms with van der Waals surface area (Å²) in [5, 5.41) is 7.80. The van der Waals surface area contributed by atoms with Gasteiger partial charge in [-0.1, -0.05) is 12.1 Å². The lowest BCUT2D eigenvalue weighted by Gasteiger charge is -2.05. The second-order valence-electron chi connectivity index (χ2n) is 4.35. The van der Waals surface area contributed by atoms with Gasteiger partial charge in [-0.15, -0.1) is 10.2 Å². The molecular formula is C12H11N5O2S. The molecule has 0 atom stereocenters. The van der Waals surface area contributed by atoms with Gasteiger partial charge in [-0.05, 0) is 17.7 Å². The quantitative estimate of drug-likeness (QED) is 0.747. The molecule has 7 nitrogen and oxygen atoms in total. The van der Waals surface area contributed by atoms with Crippen molar-refractivity contribution in [2.75, 3.05) is 12.0 Å². The predicted molar refractivity (Wildman–Crippen MR) is 73.7 cm³/mol. The van der Waals surface area contributed by atoms with Gasteiger partial charge < -0.3 is 5.73 Å². The highest BCUT2D eigenvalue weighted by atomic mass is 32.2. The van der Waals surface area contributed by atoms with Gasteiger partial charge in [0.25, 0.3) is 0 Å². The Morgan fingerprint density at radius 3 is 2.55 bits per heavy atom. The van der Waals surface area contributed by atoms with Gasteiger partial charge in [0.1, 0.15) is 6.33 Å². The Kier molecular flexibility index (Phi) is 2.68. The lowest BCUT2D eigenvalue weighted by Crippen LogP contribution is -2.01. The van der Waals surface area contributed by atoms with E-state index in [9.17, 15) is 8.42 Å². The van der Waals surface area contributed by atoms with Crippen molar-refractivity contribution in [1.82, 2.24) is 19.6 Å². The van der Waals surface area contributed by atoms with Crippen molar-refractivity contribution in [2.45, 2.75) is 4.90 Å². The zero-order chi connectivity index (χ0) is 14.3. The summed E-state index contributed by atoms with van der Waals surface area (Å²) in [6.45, 7) is 0. The van der Waals surface area contributed by atoms with Crippen molar-refractivity contribution in [3.05, 3.63) is 36.8 Å². The maximum atomic E-state index is 11.4. The van der Waals surface area contributed by atoms with E-state index in [2.05, 4.69) is 15.2 Å². The highest BCUT2D eigenvalue weighted by molar-refractivity contribution is 7.90. The first kappa shape index (κ1) is 12.5. The van der Waals surface area contributed by atoms with Crippen molar-refractivity contribution in [1.29, 1.82) is 0 Å². The lowest BCUT2D eigenvalue weighted by molar-refractivity contribution is 0.602. The number of benzene rings is 1. The number of hydrogen-bond acceptors (Lipinski definition) is 6. The van der Waals surface area contributed by atoms with Crippen LogP contribution in [0.5, 0.6) is 0 Å². The number of nitrogen functional groups attached to an aromatic ring is 1. The Morgan fingerprint density at radius 1 is 1.20 bits per heavy atom. The maximum absolute atomic E-state index is 11.4. The number of rotatable bonds is 2. The molecule has 0 aliphatic carbocycles. The first-order chi connectivity index (χ1) is 9.47. The van der Waals surface area contributed by atoms with Crippen LogP contribution in [0.2, 0.25) is 0 Å². The SMILES string of the molecule is CS(=O)(=O)c1ccc(-c2cnc(N)n3cnnc23)cc1. The molecule has 3 aromatic rings. The fourth-order valence-corrected chi connectivity index (χ4v) is 2.55. The molecule has 0 aliphatic rings. The van der Waals surface area contributed by atoms with E-state index in [1.807, 2.05) is 0 Å². The molecule has 0 aliphatic heterocycles. The van der Waals surface area contributed by atoms with Crippen molar-refractivity contribution in [2.24, 2.45) is 0 Å². The molecule has 2 aromatic heterocycles. The van der Waals surface area contributed by atoms with E-state index in [-0.39, 0.29) is 4.90 Å². The number of sulfone groups is 1. The van der Waals surface area contributed by atoms with Crippen LogP contribution in [-0.2, 0) is 9.84 Å².